The van der Waals surface area contributed by atoms with Gasteiger partial charge in [-0.15, -0.1) is 0 Å². The minimum atomic E-state index is -3.96. The first-order valence-corrected chi connectivity index (χ1v) is 14.8. The number of carbonyl (C=O) groups excluding carboxylic acids is 1. The predicted molar refractivity (Wildman–Crippen MR) is 139 cm³/mol. The van der Waals surface area contributed by atoms with Crippen molar-refractivity contribution in [3.63, 3.8) is 0 Å². The van der Waals surface area contributed by atoms with Gasteiger partial charge in [0.2, 0.25) is 15.9 Å². The first kappa shape index (κ1) is 28.0. The van der Waals surface area contributed by atoms with Crippen LogP contribution in [0, 0.1) is 5.92 Å². The smallest absolute Gasteiger partial charge is 0.248 e. The first-order valence-electron chi connectivity index (χ1n) is 12.6. The molecule has 3 saturated heterocycles. The number of amides is 1. The molecule has 202 valence electrons. The van der Waals surface area contributed by atoms with Crippen LogP contribution >= 0.6 is 23.2 Å². The van der Waals surface area contributed by atoms with Crippen LogP contribution in [0.15, 0.2) is 23.1 Å². The molecule has 0 bridgehead atoms. The molecule has 1 aromatic carbocycles. The van der Waals surface area contributed by atoms with E-state index in [1.54, 1.807) is 6.07 Å². The molecule has 3 heterocycles. The van der Waals surface area contributed by atoms with E-state index >= 15 is 0 Å². The second-order valence-electron chi connectivity index (χ2n) is 9.84. The number of sulfonamides is 1. The Kier molecular flexibility index (Phi) is 9.90. The number of nitrogens with zero attached hydrogens (tertiary/aromatic N) is 4. The third kappa shape index (κ3) is 6.91. The Morgan fingerprint density at radius 3 is 2.39 bits per heavy atom. The lowest BCUT2D eigenvalue weighted by Gasteiger charge is -2.38. The average Bonchev–Trinajstić information content (AvgIpc) is 2.86. The van der Waals surface area contributed by atoms with Gasteiger partial charge in [0, 0.05) is 39.3 Å². The van der Waals surface area contributed by atoms with Crippen LogP contribution in [-0.2, 0) is 24.3 Å². The SMILES string of the molecule is CN1CCC(CN2CCN(C(=O)COC[C@@H]3COCCN3S(=O)(=O)c3c(Cl)cccc3Cl)CC2)CC1. The van der Waals surface area contributed by atoms with Gasteiger partial charge in [-0.25, -0.2) is 8.42 Å². The normalized spacial score (nSPS) is 23.8. The maximum Gasteiger partial charge on any atom is 0.248 e. The van der Waals surface area contributed by atoms with E-state index in [1.807, 2.05) is 4.90 Å². The van der Waals surface area contributed by atoms with Gasteiger partial charge < -0.3 is 19.3 Å². The van der Waals surface area contributed by atoms with E-state index in [2.05, 4.69) is 16.8 Å². The van der Waals surface area contributed by atoms with Crippen molar-refractivity contribution in [1.82, 2.24) is 19.0 Å². The molecule has 0 aromatic heterocycles. The molecule has 3 aliphatic rings. The van der Waals surface area contributed by atoms with Crippen molar-refractivity contribution >= 4 is 39.1 Å². The van der Waals surface area contributed by atoms with Crippen molar-refractivity contribution in [3.8, 4) is 0 Å². The fourth-order valence-electron chi connectivity index (χ4n) is 5.10. The van der Waals surface area contributed by atoms with Crippen LogP contribution in [0.2, 0.25) is 10.0 Å². The van der Waals surface area contributed by atoms with E-state index < -0.39 is 16.1 Å². The number of hydrogen-bond acceptors (Lipinski definition) is 7. The molecule has 36 heavy (non-hydrogen) atoms. The lowest BCUT2D eigenvalue weighted by molar-refractivity contribution is -0.139. The van der Waals surface area contributed by atoms with Crippen LogP contribution < -0.4 is 0 Å². The highest BCUT2D eigenvalue weighted by Crippen LogP contribution is 2.33. The van der Waals surface area contributed by atoms with E-state index in [0.29, 0.717) is 13.1 Å². The number of ether oxygens (including phenoxy) is 2. The quantitative estimate of drug-likeness (QED) is 0.478. The van der Waals surface area contributed by atoms with E-state index in [0.717, 1.165) is 38.6 Å². The van der Waals surface area contributed by atoms with Gasteiger partial charge >= 0.3 is 0 Å². The maximum atomic E-state index is 13.3. The monoisotopic (exact) mass is 562 g/mol. The van der Waals surface area contributed by atoms with Crippen LogP contribution in [0.1, 0.15) is 12.8 Å². The van der Waals surface area contributed by atoms with E-state index in [-0.39, 0.29) is 53.8 Å². The topological polar surface area (TPSA) is 82.6 Å². The lowest BCUT2D eigenvalue weighted by Crippen LogP contribution is -2.52. The number of benzene rings is 1. The molecule has 0 spiro atoms. The van der Waals surface area contributed by atoms with Crippen LogP contribution in [0.3, 0.4) is 0 Å². The standard InChI is InChI=1S/C24H36Cl2N4O5S/c1-27-7-5-19(6-8-27)15-28-9-11-29(12-10-28)23(31)18-35-17-20-16-34-14-13-30(20)36(32,33)24-21(25)3-2-4-22(24)26/h2-4,19-20H,5-18H2,1H3/t20-/m0/s1. The average molecular weight is 564 g/mol. The summed E-state index contributed by atoms with van der Waals surface area (Å²) in [5.74, 6) is 0.665. The molecule has 4 rings (SSSR count). The molecule has 1 amide bonds. The number of rotatable bonds is 8. The summed E-state index contributed by atoms with van der Waals surface area (Å²) in [6.07, 6.45) is 2.48. The summed E-state index contributed by atoms with van der Waals surface area (Å²) in [7, 11) is -1.78. The summed E-state index contributed by atoms with van der Waals surface area (Å²) >= 11 is 12.4. The molecule has 1 atom stereocenters. The minimum Gasteiger partial charge on any atom is -0.378 e. The summed E-state index contributed by atoms with van der Waals surface area (Å²) in [5, 5.41) is 0.137. The molecule has 0 saturated carbocycles. The van der Waals surface area contributed by atoms with Gasteiger partial charge in [0.1, 0.15) is 11.5 Å². The van der Waals surface area contributed by atoms with E-state index in [9.17, 15) is 13.2 Å². The van der Waals surface area contributed by atoms with Gasteiger partial charge in [-0.05, 0) is 51.0 Å². The molecular weight excluding hydrogens is 527 g/mol. The molecule has 3 fully saturated rings. The first-order chi connectivity index (χ1) is 17.3. The molecule has 12 heteroatoms. The maximum absolute atomic E-state index is 13.3. The summed E-state index contributed by atoms with van der Waals surface area (Å²) in [5.41, 5.74) is 0. The molecule has 0 unspecified atom stereocenters. The molecule has 3 aliphatic heterocycles. The van der Waals surface area contributed by atoms with Crippen molar-refractivity contribution in [2.45, 2.75) is 23.8 Å². The fraction of sp³-hybridized carbons (Fsp3) is 0.708. The number of piperidine rings is 1. The number of likely N-dealkylation sites (tertiary alicyclic amines) is 1. The third-order valence-electron chi connectivity index (χ3n) is 7.27. The van der Waals surface area contributed by atoms with Gasteiger partial charge in [0.05, 0.1) is 35.9 Å². The van der Waals surface area contributed by atoms with E-state index in [4.69, 9.17) is 32.7 Å². The highest BCUT2D eigenvalue weighted by molar-refractivity contribution is 7.89. The number of piperazine rings is 1. The largest absolute Gasteiger partial charge is 0.378 e. The summed E-state index contributed by atoms with van der Waals surface area (Å²) in [4.78, 5) is 19.3. The van der Waals surface area contributed by atoms with Crippen molar-refractivity contribution in [2.24, 2.45) is 5.92 Å². The van der Waals surface area contributed by atoms with E-state index in [1.165, 1.54) is 29.3 Å². The summed E-state index contributed by atoms with van der Waals surface area (Å²) < 4.78 is 39.2. The Balaban J connectivity index is 1.24. The van der Waals surface area contributed by atoms with Gasteiger partial charge in [-0.2, -0.15) is 4.31 Å². The highest BCUT2D eigenvalue weighted by atomic mass is 35.5. The molecule has 9 nitrogen and oxygen atoms in total. The van der Waals surface area contributed by atoms with Crippen molar-refractivity contribution in [3.05, 3.63) is 28.2 Å². The number of hydrogen-bond donors (Lipinski definition) is 0. The molecule has 0 N–H and O–H groups in total. The van der Waals surface area contributed by atoms with Crippen LogP contribution in [0.5, 0.6) is 0 Å². The van der Waals surface area contributed by atoms with Crippen LogP contribution in [0.4, 0.5) is 0 Å². The highest BCUT2D eigenvalue weighted by Gasteiger charge is 2.37. The van der Waals surface area contributed by atoms with Crippen molar-refractivity contribution in [1.29, 1.82) is 0 Å². The minimum absolute atomic E-state index is 0.0448. The Hall–Kier alpha value is -0.980. The second kappa shape index (κ2) is 12.7. The second-order valence-corrected chi connectivity index (χ2v) is 12.5. The fourth-order valence-corrected chi connectivity index (χ4v) is 7.77. The Morgan fingerprint density at radius 1 is 1.06 bits per heavy atom. The van der Waals surface area contributed by atoms with Gasteiger partial charge in [-0.1, -0.05) is 29.3 Å². The molecule has 0 aliphatic carbocycles. The Morgan fingerprint density at radius 2 is 1.72 bits per heavy atom. The zero-order chi connectivity index (χ0) is 25.7. The van der Waals surface area contributed by atoms with Crippen LogP contribution in [-0.4, -0.2) is 125 Å². The van der Waals surface area contributed by atoms with Crippen molar-refractivity contribution < 1.29 is 22.7 Å². The number of halogens is 2. The summed E-state index contributed by atoms with van der Waals surface area (Å²) in [6, 6.07) is 4.02. The third-order valence-corrected chi connectivity index (χ3v) is 10.2. The zero-order valence-electron chi connectivity index (χ0n) is 20.8. The van der Waals surface area contributed by atoms with Gasteiger partial charge in [0.25, 0.3) is 0 Å². The lowest BCUT2D eigenvalue weighted by atomic mass is 9.96. The number of carbonyl (C=O) groups is 1. The number of morpholine rings is 1. The molecule has 1 aromatic rings. The van der Waals surface area contributed by atoms with Gasteiger partial charge in [0.15, 0.2) is 0 Å². The zero-order valence-corrected chi connectivity index (χ0v) is 23.1. The molecular formula is C24H36Cl2N4O5S. The Bertz CT molecular complexity index is 978. The summed E-state index contributed by atoms with van der Waals surface area (Å²) in [6.45, 7) is 7.10. The van der Waals surface area contributed by atoms with Crippen LogP contribution in [0.25, 0.3) is 0 Å². The Labute approximate surface area is 224 Å². The van der Waals surface area contributed by atoms with Gasteiger partial charge in [-0.3, -0.25) is 9.69 Å². The van der Waals surface area contributed by atoms with Crippen molar-refractivity contribution in [2.75, 3.05) is 85.8 Å². The predicted octanol–water partition coefficient (Wildman–Crippen LogP) is 1.89. The molecule has 0 radical (unpaired) electrons.